The number of carboxylic acids is 1. The van der Waals surface area contributed by atoms with Gasteiger partial charge in [0.05, 0.1) is 0 Å². The number of aliphatic carboxylic acids is 1. The molecule has 0 radical (unpaired) electrons. The summed E-state index contributed by atoms with van der Waals surface area (Å²) in [6, 6.07) is 0. The van der Waals surface area contributed by atoms with Gasteiger partial charge in [0.2, 0.25) is 0 Å². The molecule has 0 aliphatic heterocycles. The third-order valence-electron chi connectivity index (χ3n) is 0.520. The lowest BCUT2D eigenvalue weighted by Crippen LogP contribution is -2.33. The molecule has 0 aromatic rings. The minimum absolute atomic E-state index is 1.04. The summed E-state index contributed by atoms with van der Waals surface area (Å²) in [6.45, 7) is 0. The van der Waals surface area contributed by atoms with Crippen molar-refractivity contribution in [2.75, 3.05) is 12.5 Å². The molecule has 0 aliphatic rings. The highest BCUT2D eigenvalue weighted by atomic mass is 32.2. The van der Waals surface area contributed by atoms with Gasteiger partial charge < -0.3 is 5.11 Å². The molecule has 0 heterocycles. The van der Waals surface area contributed by atoms with Crippen LogP contribution in [-0.4, -0.2) is 29.7 Å². The number of hydrogen-bond donors (Lipinski definition) is 1. The Hall–Kier alpha value is -0.360. The predicted octanol–water partition coefficient (Wildman–Crippen LogP) is 0.473. The Kier molecular flexibility index (Phi) is 3.04. The molecule has 0 saturated carbocycles. The van der Waals surface area contributed by atoms with E-state index in [1.165, 1.54) is 12.5 Å². The quantitative estimate of drug-likeness (QED) is 0.631. The Balaban J connectivity index is 4.00. The average Bonchev–Trinajstić information content (AvgIpc) is 1.60. The van der Waals surface area contributed by atoms with Crippen molar-refractivity contribution in [3.05, 3.63) is 0 Å². The second-order valence-corrected chi connectivity index (χ2v) is 3.30. The third-order valence-corrected chi connectivity index (χ3v) is 1.06. The molecular formula is C4H7F2O3S+. The first-order chi connectivity index (χ1) is 4.36. The first kappa shape index (κ1) is 9.64. The summed E-state index contributed by atoms with van der Waals surface area (Å²) in [5, 5.41) is 7.82. The molecule has 0 rings (SSSR count). The van der Waals surface area contributed by atoms with Crippen LogP contribution in [0.1, 0.15) is 0 Å². The maximum atomic E-state index is 12.0. The monoisotopic (exact) mass is 173 g/mol. The summed E-state index contributed by atoms with van der Waals surface area (Å²) in [7, 11) is 0. The highest BCUT2D eigenvalue weighted by Gasteiger charge is 2.46. The minimum atomic E-state index is -4.05. The van der Waals surface area contributed by atoms with Crippen molar-refractivity contribution in [2.45, 2.75) is 6.11 Å². The lowest BCUT2D eigenvalue weighted by atomic mass is 10.7. The SMILES string of the molecule is C[S+](C)OC(F)(F)C(=O)O. The summed E-state index contributed by atoms with van der Waals surface area (Å²) in [4.78, 5) is 9.69. The topological polar surface area (TPSA) is 46.5 Å². The highest BCUT2D eigenvalue weighted by Crippen LogP contribution is 2.17. The second-order valence-electron chi connectivity index (χ2n) is 1.65. The van der Waals surface area contributed by atoms with Crippen LogP contribution in [0.5, 0.6) is 0 Å². The van der Waals surface area contributed by atoms with Gasteiger partial charge in [-0.05, 0) is 0 Å². The Bertz CT molecular complexity index is 136. The largest absolute Gasteiger partial charge is 0.498 e. The first-order valence-corrected chi connectivity index (χ1v) is 4.21. The lowest BCUT2D eigenvalue weighted by Gasteiger charge is -2.05. The summed E-state index contributed by atoms with van der Waals surface area (Å²) < 4.78 is 27.8. The number of rotatable bonds is 3. The summed E-state index contributed by atoms with van der Waals surface area (Å²) in [6.07, 6.45) is -1.33. The molecule has 0 unspecified atom stereocenters. The highest BCUT2D eigenvalue weighted by molar-refractivity contribution is 7.91. The summed E-state index contributed by atoms with van der Waals surface area (Å²) in [5.74, 6) is -2.26. The van der Waals surface area contributed by atoms with Gasteiger partial charge in [0.25, 0.3) is 0 Å². The van der Waals surface area contributed by atoms with Crippen LogP contribution in [0.25, 0.3) is 0 Å². The first-order valence-electron chi connectivity index (χ1n) is 2.24. The van der Waals surface area contributed by atoms with Gasteiger partial charge in [-0.2, -0.15) is 8.78 Å². The predicted molar refractivity (Wildman–Crippen MR) is 32.9 cm³/mol. The second kappa shape index (κ2) is 3.16. The van der Waals surface area contributed by atoms with Crippen molar-refractivity contribution < 1.29 is 22.9 Å². The Morgan fingerprint density at radius 3 is 2.10 bits per heavy atom. The molecule has 0 aromatic heterocycles. The number of alkyl halides is 2. The molecule has 0 aromatic carbocycles. The Morgan fingerprint density at radius 2 is 2.00 bits per heavy atom. The van der Waals surface area contributed by atoms with E-state index in [-0.39, 0.29) is 0 Å². The fourth-order valence-corrected chi connectivity index (χ4v) is 0.735. The normalized spacial score (nSPS) is 12.1. The number of hydrogen-bond acceptors (Lipinski definition) is 2. The minimum Gasteiger partial charge on any atom is -0.475 e. The van der Waals surface area contributed by atoms with E-state index < -0.39 is 23.3 Å². The van der Waals surface area contributed by atoms with Crippen LogP contribution in [0.2, 0.25) is 0 Å². The zero-order valence-corrected chi connectivity index (χ0v) is 6.24. The zero-order valence-electron chi connectivity index (χ0n) is 5.43. The van der Waals surface area contributed by atoms with Gasteiger partial charge >= 0.3 is 12.1 Å². The van der Waals surface area contributed by atoms with Gasteiger partial charge in [0.1, 0.15) is 23.7 Å². The van der Waals surface area contributed by atoms with Crippen molar-refractivity contribution in [3.63, 3.8) is 0 Å². The van der Waals surface area contributed by atoms with Crippen molar-refractivity contribution >= 4 is 17.1 Å². The van der Waals surface area contributed by atoms with Gasteiger partial charge in [-0.15, -0.1) is 0 Å². The Morgan fingerprint density at radius 1 is 1.60 bits per heavy atom. The van der Waals surface area contributed by atoms with E-state index in [0.29, 0.717) is 0 Å². The summed E-state index contributed by atoms with van der Waals surface area (Å²) in [5.41, 5.74) is 0. The number of carbonyl (C=O) groups is 1. The average molecular weight is 173 g/mol. The van der Waals surface area contributed by atoms with Crippen LogP contribution < -0.4 is 0 Å². The van der Waals surface area contributed by atoms with E-state index in [4.69, 9.17) is 5.11 Å². The molecule has 0 fully saturated rings. The van der Waals surface area contributed by atoms with Gasteiger partial charge in [-0.1, -0.05) is 4.18 Å². The van der Waals surface area contributed by atoms with E-state index >= 15 is 0 Å². The maximum absolute atomic E-state index is 12.0. The van der Waals surface area contributed by atoms with Crippen LogP contribution in [0.4, 0.5) is 8.78 Å². The van der Waals surface area contributed by atoms with Crippen LogP contribution >= 0.6 is 0 Å². The van der Waals surface area contributed by atoms with Crippen molar-refractivity contribution in [1.29, 1.82) is 0 Å². The van der Waals surface area contributed by atoms with Gasteiger partial charge in [0, 0.05) is 0 Å². The van der Waals surface area contributed by atoms with E-state index in [1.54, 1.807) is 0 Å². The maximum Gasteiger partial charge on any atom is 0.498 e. The standard InChI is InChI=1S/C4H6F2O3S/c1-10(2)9-4(5,6)3(7)8/h1-2H3/p+1. The van der Waals surface area contributed by atoms with Crippen LogP contribution in [-0.2, 0) is 20.2 Å². The molecule has 0 spiro atoms. The van der Waals surface area contributed by atoms with Crippen LogP contribution in [0, 0.1) is 0 Å². The number of halogens is 2. The van der Waals surface area contributed by atoms with E-state index in [2.05, 4.69) is 4.18 Å². The Labute approximate surface area is 59.5 Å². The zero-order chi connectivity index (χ0) is 8.36. The number of carboxylic acid groups (broad SMARTS) is 1. The summed E-state index contributed by atoms with van der Waals surface area (Å²) >= 11 is -1.04. The van der Waals surface area contributed by atoms with Crippen molar-refractivity contribution in [3.8, 4) is 0 Å². The van der Waals surface area contributed by atoms with Crippen LogP contribution in [0.15, 0.2) is 0 Å². The van der Waals surface area contributed by atoms with Gasteiger partial charge in [0.15, 0.2) is 0 Å². The molecule has 0 amide bonds. The molecule has 6 heteroatoms. The molecule has 0 bridgehead atoms. The fraction of sp³-hybridized carbons (Fsp3) is 0.750. The molecule has 10 heavy (non-hydrogen) atoms. The van der Waals surface area contributed by atoms with Crippen LogP contribution in [0.3, 0.4) is 0 Å². The van der Waals surface area contributed by atoms with E-state index in [0.717, 1.165) is 0 Å². The molecule has 0 atom stereocenters. The van der Waals surface area contributed by atoms with Gasteiger partial charge in [-0.25, -0.2) is 4.79 Å². The molecule has 3 nitrogen and oxygen atoms in total. The van der Waals surface area contributed by atoms with E-state index in [1.807, 2.05) is 0 Å². The lowest BCUT2D eigenvalue weighted by molar-refractivity contribution is -0.207. The van der Waals surface area contributed by atoms with Gasteiger partial charge in [-0.3, -0.25) is 0 Å². The van der Waals surface area contributed by atoms with Crippen molar-refractivity contribution in [1.82, 2.24) is 0 Å². The molecule has 0 aliphatic carbocycles. The molecular weight excluding hydrogens is 166 g/mol. The fourth-order valence-electron chi connectivity index (χ4n) is 0.245. The molecule has 0 saturated heterocycles. The van der Waals surface area contributed by atoms with Crippen molar-refractivity contribution in [2.24, 2.45) is 0 Å². The third kappa shape index (κ3) is 2.98. The molecule has 1 N–H and O–H groups in total. The smallest absolute Gasteiger partial charge is 0.475 e. The van der Waals surface area contributed by atoms with E-state index in [9.17, 15) is 13.6 Å². The molecule has 60 valence electrons.